The highest BCUT2D eigenvalue weighted by atomic mass is 35.5. The number of halogens is 2. The van der Waals surface area contributed by atoms with Crippen LogP contribution in [0.1, 0.15) is 122 Å². The Labute approximate surface area is 729 Å². The van der Waals surface area contributed by atoms with Crippen molar-refractivity contribution in [2.24, 2.45) is 22.7 Å². The lowest BCUT2D eigenvalue weighted by Crippen LogP contribution is -2.47. The number of sulfonamides is 2. The van der Waals surface area contributed by atoms with Gasteiger partial charge in [0.25, 0.3) is 43.2 Å². The molecule has 0 unspecified atom stereocenters. The summed E-state index contributed by atoms with van der Waals surface area (Å²) in [4.78, 5) is 74.3. The van der Waals surface area contributed by atoms with Crippen LogP contribution in [0.5, 0.6) is 34.5 Å². The maximum atomic E-state index is 14.0. The molecule has 10 aromatic rings. The average Bonchev–Trinajstić information content (AvgIpc) is 0.789. The topological polar surface area (TPSA) is 363 Å². The Kier molecular flexibility index (Phi) is 26.0. The van der Waals surface area contributed by atoms with Crippen molar-refractivity contribution < 1.29 is 68.4 Å². The van der Waals surface area contributed by atoms with Gasteiger partial charge in [0.2, 0.25) is 0 Å². The van der Waals surface area contributed by atoms with Gasteiger partial charge in [-0.25, -0.2) is 44.7 Å². The molecule has 29 nitrogen and oxygen atoms in total. The van der Waals surface area contributed by atoms with E-state index in [2.05, 4.69) is 101 Å². The van der Waals surface area contributed by atoms with Crippen molar-refractivity contribution in [2.45, 2.75) is 102 Å². The Hall–Kier alpha value is -11.0. The summed E-state index contributed by atoms with van der Waals surface area (Å²) < 4.78 is 112. The molecule has 0 radical (unpaired) electrons. The molecule has 2 fully saturated rings. The number of benzene rings is 6. The van der Waals surface area contributed by atoms with Crippen LogP contribution in [-0.2, 0) is 47.5 Å². The molecular formula is C90H98Cl2N12O17S3. The van der Waals surface area contributed by atoms with Gasteiger partial charge in [0.05, 0.1) is 73.3 Å². The van der Waals surface area contributed by atoms with Gasteiger partial charge in [-0.3, -0.25) is 39.6 Å². The molecule has 34 heteroatoms. The van der Waals surface area contributed by atoms with Crippen LogP contribution in [0, 0.1) is 42.9 Å². The predicted molar refractivity (Wildman–Crippen MR) is 476 cm³/mol. The minimum absolute atomic E-state index is 0.0184. The van der Waals surface area contributed by atoms with E-state index in [-0.39, 0.29) is 94.2 Å². The molecule has 2 atom stereocenters. The maximum Gasteiger partial charge on any atom is 0.277 e. The molecule has 0 bridgehead atoms. The lowest BCUT2D eigenvalue weighted by molar-refractivity contribution is -0.386. The number of H-pyrrole nitrogens is 2. The van der Waals surface area contributed by atoms with Crippen LogP contribution >= 0.6 is 23.2 Å². The first-order valence-corrected chi connectivity index (χ1v) is 47.0. The largest absolute Gasteiger partial charge is 0.493 e. The molecule has 8 heterocycles. The van der Waals surface area contributed by atoms with E-state index in [0.717, 1.165) is 143 Å². The normalized spacial score (nSPS) is 18.1. The smallest absolute Gasteiger partial charge is 0.277 e. The van der Waals surface area contributed by atoms with Crippen LogP contribution in [0.2, 0.25) is 10.0 Å². The number of nitro benzene ring substituents is 2. The van der Waals surface area contributed by atoms with Crippen LogP contribution in [-0.4, -0.2) is 181 Å². The molecular weight excluding hydrogens is 1690 g/mol. The van der Waals surface area contributed by atoms with Gasteiger partial charge >= 0.3 is 0 Å². The van der Waals surface area contributed by atoms with Gasteiger partial charge in [0.1, 0.15) is 55.6 Å². The third kappa shape index (κ3) is 21.0. The summed E-state index contributed by atoms with van der Waals surface area (Å²) in [5.41, 5.74) is 10.9. The maximum absolute atomic E-state index is 14.0. The molecule has 0 spiro atoms. The number of allylic oxidation sites excluding steroid dienone is 2. The van der Waals surface area contributed by atoms with E-state index in [1.54, 1.807) is 55.9 Å². The number of aromatic amines is 2. The van der Waals surface area contributed by atoms with Gasteiger partial charge in [0, 0.05) is 166 Å². The highest BCUT2D eigenvalue weighted by molar-refractivity contribution is 7.91. The molecule has 4 aliphatic heterocycles. The van der Waals surface area contributed by atoms with E-state index < -0.39 is 72.7 Å². The zero-order valence-corrected chi connectivity index (χ0v) is 73.6. The second kappa shape index (κ2) is 36.7. The lowest BCUT2D eigenvalue weighted by Gasteiger charge is -2.39. The first kappa shape index (κ1) is 87.9. The molecule has 2 amide bonds. The Morgan fingerprint density at radius 2 is 0.968 bits per heavy atom. The van der Waals surface area contributed by atoms with Crippen molar-refractivity contribution in [3.63, 3.8) is 0 Å². The van der Waals surface area contributed by atoms with Gasteiger partial charge in [-0.2, -0.15) is 0 Å². The number of amides is 2. The van der Waals surface area contributed by atoms with Gasteiger partial charge in [-0.05, 0) is 182 Å². The number of ether oxygens (including phenoxy) is 5. The Bertz CT molecular complexity index is 6180. The molecule has 6 aromatic carbocycles. The number of hydrogen-bond donors (Lipinski definition) is 4. The molecule has 4 aromatic heterocycles. The standard InChI is InChI=1S/C45H49ClN6O9S2.C45H49ClN6O8S/c1-45(2)13-10-32(39(25-45)30-4-6-33(46)7-5-30)27-50-15-17-51(18-16-50)34-8-9-37(42(22-34)61-35-21-31-11-14-47-43(31)48-26-35)44(53)49-63(58,59)36-23-40(52(54)55)38-20-29(12-19-62(3,56)57)28-60-41(38)24-36;1-45(2)13-10-32(39(25-45)30-4-6-33(46)7-5-30)27-50-15-17-51(18-16-50)34-8-9-37(42(22-34)60-35-21-31-11-14-47-43(31)48-26-35)44(53)49-61(56,57)36-23-40(52(54)55)38-20-29(12-19-58-3)28-59-41(38)24-36/h4-9,11,14,21-24,26,29H,10,12-13,15-20,25,27-28H2,1-3H3,(H,47,48)(H,49,53);4-9,11,14,21-24,26,29H,10,12-13,15-20,25,27-28H2,1-3H3,(H,47,48)(H,49,53)/t2*29-/m00/s1. The Morgan fingerprint density at radius 1 is 0.556 bits per heavy atom. The van der Waals surface area contributed by atoms with Gasteiger partial charge in [-0.1, -0.05) is 86.3 Å². The minimum atomic E-state index is -4.69. The minimum Gasteiger partial charge on any atom is -0.493 e. The quantitative estimate of drug-likeness (QED) is 0.0289. The number of nitrogens with zero attached hydrogens (tertiary/aromatic N) is 8. The number of sulfone groups is 1. The van der Waals surface area contributed by atoms with Gasteiger partial charge in [-0.15, -0.1) is 0 Å². The number of methoxy groups -OCH3 is 1. The van der Waals surface area contributed by atoms with Crippen molar-refractivity contribution in [1.82, 2.24) is 39.2 Å². The second-order valence-electron chi connectivity index (χ2n) is 34.3. The number of nitrogens with one attached hydrogen (secondary N) is 4. The zero-order chi connectivity index (χ0) is 87.6. The fourth-order valence-electron chi connectivity index (χ4n) is 17.1. The Balaban J connectivity index is 0.000000192. The number of carbonyl (C=O) groups excluding carboxylic acids is 2. The molecule has 4 N–H and O–H groups in total. The van der Waals surface area contributed by atoms with Crippen LogP contribution < -0.4 is 38.2 Å². The first-order valence-electron chi connectivity index (χ1n) is 41.2. The molecule has 2 aliphatic carbocycles. The lowest BCUT2D eigenvalue weighted by atomic mass is 9.72. The van der Waals surface area contributed by atoms with E-state index in [4.69, 9.17) is 46.9 Å². The molecule has 124 heavy (non-hydrogen) atoms. The summed E-state index contributed by atoms with van der Waals surface area (Å²) in [5.74, 6) is -1.52. The zero-order valence-electron chi connectivity index (χ0n) is 69.6. The summed E-state index contributed by atoms with van der Waals surface area (Å²) in [6.07, 6.45) is 15.3. The summed E-state index contributed by atoms with van der Waals surface area (Å²) in [6.45, 7) is 17.9. The van der Waals surface area contributed by atoms with Crippen molar-refractivity contribution >= 4 is 121 Å². The fourth-order valence-corrected chi connectivity index (χ4v) is 20.1. The number of pyridine rings is 2. The third-order valence-corrected chi connectivity index (χ3v) is 28.1. The highest BCUT2D eigenvalue weighted by Crippen LogP contribution is 2.47. The highest BCUT2D eigenvalue weighted by Gasteiger charge is 2.38. The summed E-state index contributed by atoms with van der Waals surface area (Å²) in [7, 11) is -11.0. The number of aromatic nitrogens is 4. The molecule has 6 aliphatic rings. The average molecular weight is 1790 g/mol. The molecule has 2 saturated heterocycles. The van der Waals surface area contributed by atoms with Gasteiger partial charge in [0.15, 0.2) is 0 Å². The van der Waals surface area contributed by atoms with Crippen LogP contribution in [0.15, 0.2) is 179 Å². The van der Waals surface area contributed by atoms with E-state index in [0.29, 0.717) is 65.9 Å². The summed E-state index contributed by atoms with van der Waals surface area (Å²) in [6, 6.07) is 37.7. The number of hydrogen-bond acceptors (Lipinski definition) is 23. The van der Waals surface area contributed by atoms with Crippen molar-refractivity contribution in [3.8, 4) is 34.5 Å². The number of anilines is 2. The monoisotopic (exact) mass is 1780 g/mol. The van der Waals surface area contributed by atoms with E-state index in [1.807, 2.05) is 36.4 Å². The third-order valence-electron chi connectivity index (χ3n) is 24.0. The summed E-state index contributed by atoms with van der Waals surface area (Å²) in [5, 5.41) is 27.4. The summed E-state index contributed by atoms with van der Waals surface area (Å²) >= 11 is 12.5. The van der Waals surface area contributed by atoms with Crippen molar-refractivity contribution in [3.05, 3.63) is 233 Å². The fraction of sp³-hybridized carbons (Fsp3) is 0.378. The van der Waals surface area contributed by atoms with E-state index in [1.165, 1.54) is 64.0 Å². The first-order chi connectivity index (χ1) is 59.1. The van der Waals surface area contributed by atoms with Gasteiger partial charge < -0.3 is 43.5 Å². The number of carbonyl (C=O) groups is 2. The molecule has 652 valence electrons. The predicted octanol–water partition coefficient (Wildman–Crippen LogP) is 16.2. The van der Waals surface area contributed by atoms with Crippen LogP contribution in [0.3, 0.4) is 0 Å². The molecule has 0 saturated carbocycles. The Morgan fingerprint density at radius 3 is 1.36 bits per heavy atom. The second-order valence-corrected chi connectivity index (χ2v) is 40.8. The van der Waals surface area contributed by atoms with Crippen LogP contribution in [0.4, 0.5) is 22.7 Å². The number of piperazine rings is 2. The van der Waals surface area contributed by atoms with Crippen molar-refractivity contribution in [2.75, 3.05) is 114 Å². The van der Waals surface area contributed by atoms with E-state index in [9.17, 15) is 55.1 Å². The number of rotatable bonds is 26. The van der Waals surface area contributed by atoms with Crippen LogP contribution in [0.25, 0.3) is 33.2 Å². The number of fused-ring (bicyclic) bond motifs is 4. The molecule has 16 rings (SSSR count). The van der Waals surface area contributed by atoms with Crippen molar-refractivity contribution in [1.29, 1.82) is 0 Å². The number of nitro groups is 2. The SMILES string of the molecule is CC1(C)CCC(CN2CCN(c3ccc(C(=O)NS(=O)(=O)c4cc5c(c([N+](=O)[O-])c4)C[C@H](CCS(C)(=O)=O)CO5)c(Oc4cnc5[nH]ccc5c4)c3)CC2)=C(c2ccc(Cl)cc2)C1.COCC[C@@H]1COc2cc(S(=O)(=O)NC(=O)c3ccc(N4CCN(CC5=C(c6ccc(Cl)cc6)CC(C)(C)CC5)CC4)cc3Oc3cnc4[nH]ccc4c3)cc([N+](=O)[O-])c2C1. The van der Waals surface area contributed by atoms with E-state index >= 15 is 0 Å².